The van der Waals surface area contributed by atoms with E-state index < -0.39 is 0 Å². The van der Waals surface area contributed by atoms with Crippen molar-refractivity contribution in [3.8, 4) is 22.9 Å². The van der Waals surface area contributed by atoms with E-state index in [4.69, 9.17) is 0 Å². The molecule has 0 spiro atoms. The molecule has 2 rings (SSSR count). The number of benzene rings is 1. The van der Waals surface area contributed by atoms with Crippen molar-refractivity contribution < 1.29 is 10.2 Å². The van der Waals surface area contributed by atoms with Crippen molar-refractivity contribution in [2.45, 2.75) is 19.9 Å². The van der Waals surface area contributed by atoms with Crippen molar-refractivity contribution in [1.82, 2.24) is 15.3 Å². The van der Waals surface area contributed by atoms with Crippen LogP contribution in [0.1, 0.15) is 24.2 Å². The van der Waals surface area contributed by atoms with E-state index in [2.05, 4.69) is 15.3 Å². The molecule has 0 saturated heterocycles. The number of phenols is 2. The minimum atomic E-state index is -0.175. The Morgan fingerprint density at radius 3 is 2.53 bits per heavy atom. The first-order valence-corrected chi connectivity index (χ1v) is 6.06. The predicted molar refractivity (Wildman–Crippen MR) is 73.0 cm³/mol. The third-order valence-corrected chi connectivity index (χ3v) is 3.15. The number of phenolic OH excluding ortho intramolecular Hbond substituents is 2. The Morgan fingerprint density at radius 1 is 1.21 bits per heavy atom. The van der Waals surface area contributed by atoms with Gasteiger partial charge in [0.2, 0.25) is 0 Å². The quantitative estimate of drug-likeness (QED) is 0.736. The van der Waals surface area contributed by atoms with Crippen LogP contribution in [-0.2, 0) is 0 Å². The van der Waals surface area contributed by atoms with E-state index in [9.17, 15) is 10.2 Å². The number of nitrogens with one attached hydrogen (secondary N) is 1. The van der Waals surface area contributed by atoms with Gasteiger partial charge in [0.15, 0.2) is 17.3 Å². The van der Waals surface area contributed by atoms with Crippen molar-refractivity contribution >= 4 is 0 Å². The minimum absolute atomic E-state index is 0.152. The molecule has 0 bridgehead atoms. The summed E-state index contributed by atoms with van der Waals surface area (Å²) in [6, 6.07) is 4.73. The summed E-state index contributed by atoms with van der Waals surface area (Å²) in [5, 5.41) is 21.9. The fourth-order valence-electron chi connectivity index (χ4n) is 1.86. The molecule has 100 valence electrons. The Balaban J connectivity index is 2.41. The fraction of sp³-hybridized carbons (Fsp3) is 0.286. The largest absolute Gasteiger partial charge is 0.504 e. The number of hydrogen-bond acceptors (Lipinski definition) is 5. The van der Waals surface area contributed by atoms with Gasteiger partial charge in [-0.15, -0.1) is 0 Å². The van der Waals surface area contributed by atoms with Crippen LogP contribution < -0.4 is 5.32 Å². The number of aromatic hydroxyl groups is 2. The number of nitrogens with zero attached hydrogens (tertiary/aromatic N) is 2. The van der Waals surface area contributed by atoms with Crippen LogP contribution in [0.2, 0.25) is 0 Å². The zero-order valence-corrected chi connectivity index (χ0v) is 11.2. The lowest BCUT2D eigenvalue weighted by Crippen LogP contribution is -2.14. The van der Waals surface area contributed by atoms with Crippen LogP contribution in [0.4, 0.5) is 0 Å². The molecule has 0 amide bonds. The Morgan fingerprint density at radius 2 is 1.95 bits per heavy atom. The average Bonchev–Trinajstić information content (AvgIpc) is 2.41. The summed E-state index contributed by atoms with van der Waals surface area (Å²) < 4.78 is 0. The molecule has 0 aliphatic heterocycles. The molecule has 0 aliphatic carbocycles. The van der Waals surface area contributed by atoms with Gasteiger partial charge in [-0.05, 0) is 39.1 Å². The maximum absolute atomic E-state index is 9.50. The SMILES string of the molecule is CNC(C)c1cnc(-c2ccc(O)c(O)c2)nc1C. The highest BCUT2D eigenvalue weighted by Gasteiger charge is 2.11. The van der Waals surface area contributed by atoms with Crippen LogP contribution in [0.5, 0.6) is 11.5 Å². The van der Waals surface area contributed by atoms with E-state index >= 15 is 0 Å². The maximum atomic E-state index is 9.50. The van der Waals surface area contributed by atoms with Crippen LogP contribution >= 0.6 is 0 Å². The summed E-state index contributed by atoms with van der Waals surface area (Å²) in [6.45, 7) is 3.96. The van der Waals surface area contributed by atoms with Gasteiger partial charge < -0.3 is 15.5 Å². The standard InChI is InChI=1S/C14H17N3O2/c1-8(15-3)11-7-16-14(17-9(11)2)10-4-5-12(18)13(19)6-10/h4-8,15,18-19H,1-3H3. The lowest BCUT2D eigenvalue weighted by molar-refractivity contribution is 0.404. The smallest absolute Gasteiger partial charge is 0.159 e. The van der Waals surface area contributed by atoms with Crippen molar-refractivity contribution in [3.63, 3.8) is 0 Å². The first-order valence-electron chi connectivity index (χ1n) is 6.06. The van der Waals surface area contributed by atoms with E-state index in [-0.39, 0.29) is 17.5 Å². The van der Waals surface area contributed by atoms with Gasteiger partial charge >= 0.3 is 0 Å². The third kappa shape index (κ3) is 2.66. The van der Waals surface area contributed by atoms with E-state index in [0.717, 1.165) is 11.3 Å². The van der Waals surface area contributed by atoms with Gasteiger partial charge in [0.1, 0.15) is 0 Å². The summed E-state index contributed by atoms with van der Waals surface area (Å²) in [6.07, 6.45) is 1.78. The number of aromatic nitrogens is 2. The molecule has 3 N–H and O–H groups in total. The topological polar surface area (TPSA) is 78.3 Å². The Kier molecular flexibility index (Phi) is 3.66. The number of rotatable bonds is 3. The van der Waals surface area contributed by atoms with Crippen LogP contribution in [0.3, 0.4) is 0 Å². The molecule has 0 aliphatic rings. The average molecular weight is 259 g/mol. The van der Waals surface area contributed by atoms with Gasteiger partial charge in [0.05, 0.1) is 0 Å². The Hall–Kier alpha value is -2.14. The van der Waals surface area contributed by atoms with Gasteiger partial charge in [-0.3, -0.25) is 0 Å². The molecule has 0 fully saturated rings. The highest BCUT2D eigenvalue weighted by atomic mass is 16.3. The molecule has 1 atom stereocenters. The molecule has 0 radical (unpaired) electrons. The van der Waals surface area contributed by atoms with Crippen LogP contribution in [0, 0.1) is 6.92 Å². The second-order valence-electron chi connectivity index (χ2n) is 4.45. The normalized spacial score (nSPS) is 12.4. The predicted octanol–water partition coefficient (Wildman–Crippen LogP) is 2.14. The minimum Gasteiger partial charge on any atom is -0.504 e. The molecular weight excluding hydrogens is 242 g/mol. The van der Waals surface area contributed by atoms with Crippen molar-refractivity contribution in [2.24, 2.45) is 0 Å². The van der Waals surface area contributed by atoms with Crippen molar-refractivity contribution in [1.29, 1.82) is 0 Å². The molecule has 1 aromatic heterocycles. The van der Waals surface area contributed by atoms with Crippen LogP contribution in [0.15, 0.2) is 24.4 Å². The maximum Gasteiger partial charge on any atom is 0.159 e. The van der Waals surface area contributed by atoms with Gasteiger partial charge in [-0.25, -0.2) is 9.97 Å². The molecule has 5 nitrogen and oxygen atoms in total. The summed E-state index contributed by atoms with van der Waals surface area (Å²) in [4.78, 5) is 8.75. The molecule has 1 aromatic carbocycles. The first kappa shape index (κ1) is 13.3. The highest BCUT2D eigenvalue weighted by molar-refractivity contribution is 5.60. The van der Waals surface area contributed by atoms with Gasteiger partial charge in [0, 0.05) is 29.1 Å². The lowest BCUT2D eigenvalue weighted by Gasteiger charge is -2.13. The Bertz CT molecular complexity index is 599. The molecule has 1 heterocycles. The van der Waals surface area contributed by atoms with Gasteiger partial charge in [-0.1, -0.05) is 0 Å². The first-order chi connectivity index (χ1) is 9.02. The Labute approximate surface area is 112 Å². The zero-order chi connectivity index (χ0) is 14.0. The zero-order valence-electron chi connectivity index (χ0n) is 11.2. The van der Waals surface area contributed by atoms with Gasteiger partial charge in [0.25, 0.3) is 0 Å². The van der Waals surface area contributed by atoms with E-state index in [1.165, 1.54) is 12.1 Å². The highest BCUT2D eigenvalue weighted by Crippen LogP contribution is 2.29. The van der Waals surface area contributed by atoms with E-state index in [1.54, 1.807) is 12.3 Å². The molecule has 19 heavy (non-hydrogen) atoms. The monoisotopic (exact) mass is 259 g/mol. The molecule has 5 heteroatoms. The lowest BCUT2D eigenvalue weighted by atomic mass is 10.1. The number of aryl methyl sites for hydroxylation is 1. The van der Waals surface area contributed by atoms with Crippen molar-refractivity contribution in [3.05, 3.63) is 35.7 Å². The van der Waals surface area contributed by atoms with Gasteiger partial charge in [-0.2, -0.15) is 0 Å². The molecule has 2 aromatic rings. The number of hydrogen-bond donors (Lipinski definition) is 3. The molecule has 0 saturated carbocycles. The van der Waals surface area contributed by atoms with E-state index in [0.29, 0.717) is 11.4 Å². The second-order valence-corrected chi connectivity index (χ2v) is 4.45. The summed E-state index contributed by atoms with van der Waals surface area (Å²) in [7, 11) is 1.88. The van der Waals surface area contributed by atoms with Crippen molar-refractivity contribution in [2.75, 3.05) is 7.05 Å². The summed E-state index contributed by atoms with van der Waals surface area (Å²) >= 11 is 0. The van der Waals surface area contributed by atoms with E-state index in [1.807, 2.05) is 20.9 Å². The molecular formula is C14H17N3O2. The summed E-state index contributed by atoms with van der Waals surface area (Å²) in [5.41, 5.74) is 2.59. The van der Waals surface area contributed by atoms with Crippen LogP contribution in [0.25, 0.3) is 11.4 Å². The summed E-state index contributed by atoms with van der Waals surface area (Å²) in [5.74, 6) is 0.201. The fourth-order valence-corrected chi connectivity index (χ4v) is 1.86. The van der Waals surface area contributed by atoms with Crippen LogP contribution in [-0.4, -0.2) is 27.2 Å². The third-order valence-electron chi connectivity index (χ3n) is 3.15. The second kappa shape index (κ2) is 5.24. The molecule has 1 unspecified atom stereocenters.